The molecule has 10 heteroatoms. The SMILES string of the molecule is C#Cc1ccc2c(c1)[nH]c1c2c(=O)c2cc(C)c(-c3cncc(OS(=O)(=O)F)c3)cc2n1C1CNC1. The molecule has 4 heterocycles. The molecule has 0 aliphatic carbocycles. The van der Waals surface area contributed by atoms with Crippen molar-refractivity contribution in [3.05, 3.63) is 70.1 Å². The number of aromatic nitrogens is 3. The summed E-state index contributed by atoms with van der Waals surface area (Å²) < 4.78 is 41.5. The van der Waals surface area contributed by atoms with Gasteiger partial charge in [-0.2, -0.15) is 8.42 Å². The van der Waals surface area contributed by atoms with Gasteiger partial charge in [0.25, 0.3) is 0 Å². The van der Waals surface area contributed by atoms with Crippen molar-refractivity contribution in [2.24, 2.45) is 0 Å². The van der Waals surface area contributed by atoms with E-state index >= 15 is 0 Å². The average Bonchev–Trinajstić information content (AvgIpc) is 3.18. The Morgan fingerprint density at radius 3 is 2.67 bits per heavy atom. The zero-order valence-electron chi connectivity index (χ0n) is 19.0. The molecule has 1 fully saturated rings. The van der Waals surface area contributed by atoms with Gasteiger partial charge in [0.1, 0.15) is 5.65 Å². The molecule has 1 saturated heterocycles. The van der Waals surface area contributed by atoms with E-state index in [1.807, 2.05) is 37.3 Å². The van der Waals surface area contributed by atoms with Gasteiger partial charge >= 0.3 is 10.5 Å². The summed E-state index contributed by atoms with van der Waals surface area (Å²) in [6.45, 7) is 3.32. The van der Waals surface area contributed by atoms with Crippen LogP contribution in [0.15, 0.2) is 53.6 Å². The average molecular weight is 503 g/mol. The number of benzene rings is 2. The monoisotopic (exact) mass is 502 g/mol. The molecular formula is C26H19FN4O4S. The minimum absolute atomic E-state index is 0.100. The quantitative estimate of drug-likeness (QED) is 0.287. The Labute approximate surface area is 205 Å². The highest BCUT2D eigenvalue weighted by Crippen LogP contribution is 2.34. The van der Waals surface area contributed by atoms with Gasteiger partial charge in [0.2, 0.25) is 0 Å². The smallest absolute Gasteiger partial charge is 0.357 e. The number of hydrogen-bond acceptors (Lipinski definition) is 6. The Kier molecular flexibility index (Phi) is 4.90. The molecule has 0 saturated carbocycles. The van der Waals surface area contributed by atoms with E-state index in [4.69, 9.17) is 6.42 Å². The molecule has 36 heavy (non-hydrogen) atoms. The number of halogens is 1. The lowest BCUT2D eigenvalue weighted by Gasteiger charge is -2.32. The van der Waals surface area contributed by atoms with E-state index in [0.717, 1.165) is 35.8 Å². The molecule has 2 aromatic carbocycles. The summed E-state index contributed by atoms with van der Waals surface area (Å²) in [6, 6.07) is 10.8. The van der Waals surface area contributed by atoms with Gasteiger partial charge in [-0.3, -0.25) is 9.78 Å². The van der Waals surface area contributed by atoms with Crippen LogP contribution in [0.4, 0.5) is 3.89 Å². The van der Waals surface area contributed by atoms with Crippen molar-refractivity contribution >= 4 is 43.3 Å². The lowest BCUT2D eigenvalue weighted by atomic mass is 9.97. The molecule has 1 aliphatic heterocycles. The predicted molar refractivity (Wildman–Crippen MR) is 136 cm³/mol. The van der Waals surface area contributed by atoms with Crippen LogP contribution in [0.2, 0.25) is 0 Å². The second-order valence-electron chi connectivity index (χ2n) is 8.83. The van der Waals surface area contributed by atoms with E-state index in [0.29, 0.717) is 38.6 Å². The molecule has 2 N–H and O–H groups in total. The Morgan fingerprint density at radius 1 is 1.17 bits per heavy atom. The second-order valence-corrected chi connectivity index (χ2v) is 9.79. The molecule has 0 bridgehead atoms. The van der Waals surface area contributed by atoms with Gasteiger partial charge in [-0.15, -0.1) is 6.42 Å². The van der Waals surface area contributed by atoms with E-state index < -0.39 is 10.5 Å². The predicted octanol–water partition coefficient (Wildman–Crippen LogP) is 3.73. The fourth-order valence-electron chi connectivity index (χ4n) is 4.89. The summed E-state index contributed by atoms with van der Waals surface area (Å²) >= 11 is 0. The molecule has 3 aromatic heterocycles. The first-order valence-electron chi connectivity index (χ1n) is 11.1. The number of nitrogens with one attached hydrogen (secondary N) is 2. The number of nitrogens with zero attached hydrogens (tertiary/aromatic N) is 2. The largest absolute Gasteiger partial charge is 0.488 e. The molecule has 8 nitrogen and oxygen atoms in total. The molecule has 0 radical (unpaired) electrons. The van der Waals surface area contributed by atoms with E-state index in [1.54, 1.807) is 0 Å². The van der Waals surface area contributed by atoms with Crippen molar-refractivity contribution < 1.29 is 16.5 Å². The van der Waals surface area contributed by atoms with Crippen LogP contribution in [-0.2, 0) is 10.5 Å². The summed E-state index contributed by atoms with van der Waals surface area (Å²) in [5, 5.41) is 5.25. The number of terminal acetylenes is 1. The van der Waals surface area contributed by atoms with Gasteiger partial charge in [-0.1, -0.05) is 15.9 Å². The topological polar surface area (TPSA) is 106 Å². The van der Waals surface area contributed by atoms with Gasteiger partial charge < -0.3 is 19.1 Å². The third-order valence-electron chi connectivity index (χ3n) is 6.61. The van der Waals surface area contributed by atoms with Crippen molar-refractivity contribution in [2.75, 3.05) is 13.1 Å². The van der Waals surface area contributed by atoms with Crippen LogP contribution in [-0.4, -0.2) is 36.0 Å². The van der Waals surface area contributed by atoms with Crippen molar-refractivity contribution in [3.63, 3.8) is 0 Å². The molecule has 180 valence electrons. The minimum atomic E-state index is -5.19. The fraction of sp³-hybridized carbons (Fsp3) is 0.154. The minimum Gasteiger partial charge on any atom is -0.357 e. The van der Waals surface area contributed by atoms with Gasteiger partial charge in [0.15, 0.2) is 11.2 Å². The van der Waals surface area contributed by atoms with Gasteiger partial charge in [0.05, 0.1) is 23.1 Å². The highest BCUT2D eigenvalue weighted by atomic mass is 32.3. The summed E-state index contributed by atoms with van der Waals surface area (Å²) in [4.78, 5) is 21.2. The summed E-state index contributed by atoms with van der Waals surface area (Å²) in [6.07, 6.45) is 8.23. The zero-order valence-corrected chi connectivity index (χ0v) is 19.8. The number of pyridine rings is 2. The second kappa shape index (κ2) is 7.91. The van der Waals surface area contributed by atoms with Crippen LogP contribution in [0.25, 0.3) is 44.0 Å². The maximum absolute atomic E-state index is 13.8. The van der Waals surface area contributed by atoms with Crippen molar-refractivity contribution in [3.8, 4) is 29.2 Å². The first-order chi connectivity index (χ1) is 17.2. The van der Waals surface area contributed by atoms with Gasteiger partial charge in [-0.05, 0) is 48.4 Å². The first kappa shape index (κ1) is 22.3. The normalized spacial score (nSPS) is 14.2. The third-order valence-corrected chi connectivity index (χ3v) is 7.00. The highest BCUT2D eigenvalue weighted by Gasteiger charge is 2.26. The summed E-state index contributed by atoms with van der Waals surface area (Å²) in [7, 11) is -5.19. The molecule has 1 aliphatic rings. The molecular weight excluding hydrogens is 483 g/mol. The Bertz CT molecular complexity index is 1930. The van der Waals surface area contributed by atoms with Crippen LogP contribution in [0.3, 0.4) is 0 Å². The van der Waals surface area contributed by atoms with Crippen LogP contribution in [0.5, 0.6) is 5.75 Å². The Hall–Kier alpha value is -4.20. The van der Waals surface area contributed by atoms with E-state index in [-0.39, 0.29) is 17.2 Å². The third kappa shape index (κ3) is 3.52. The van der Waals surface area contributed by atoms with Crippen LogP contribution in [0, 0.1) is 19.3 Å². The zero-order chi connectivity index (χ0) is 25.2. The van der Waals surface area contributed by atoms with Crippen LogP contribution < -0.4 is 14.9 Å². The lowest BCUT2D eigenvalue weighted by molar-refractivity contribution is 0.357. The number of rotatable bonds is 4. The van der Waals surface area contributed by atoms with Gasteiger partial charge in [0, 0.05) is 46.7 Å². The fourth-order valence-corrected chi connectivity index (χ4v) is 5.21. The maximum Gasteiger partial charge on any atom is 0.488 e. The van der Waals surface area contributed by atoms with Crippen LogP contribution in [0.1, 0.15) is 17.2 Å². The molecule has 6 rings (SSSR count). The molecule has 0 atom stereocenters. The molecule has 0 amide bonds. The van der Waals surface area contributed by atoms with Crippen molar-refractivity contribution in [1.82, 2.24) is 19.9 Å². The Balaban J connectivity index is 1.66. The number of aromatic amines is 1. The van der Waals surface area contributed by atoms with E-state index in [1.165, 1.54) is 12.3 Å². The molecule has 0 unspecified atom stereocenters. The number of aryl methyl sites for hydroxylation is 1. The number of H-pyrrole nitrogens is 1. The van der Waals surface area contributed by atoms with Gasteiger partial charge in [-0.25, -0.2) is 0 Å². The van der Waals surface area contributed by atoms with Crippen molar-refractivity contribution in [1.29, 1.82) is 0 Å². The first-order valence-corrected chi connectivity index (χ1v) is 12.5. The highest BCUT2D eigenvalue weighted by molar-refractivity contribution is 7.81. The Morgan fingerprint density at radius 2 is 1.97 bits per heavy atom. The van der Waals surface area contributed by atoms with E-state index in [9.17, 15) is 17.1 Å². The standard InChI is InChI=1S/C26H19FN4O4S/c1-3-15-4-5-19-22(7-15)30-26-24(19)25(32)21-6-14(2)20(9-23(21)31(26)17-11-29-12-17)16-8-18(13-28-10-16)35-36(27,33)34/h1,4-10,13,17,29-30H,11-12H2,2H3. The number of hydrogen-bond donors (Lipinski definition) is 2. The lowest BCUT2D eigenvalue weighted by Crippen LogP contribution is -2.44. The summed E-state index contributed by atoms with van der Waals surface area (Å²) in [5.74, 6) is 2.39. The number of fused-ring (bicyclic) bond motifs is 4. The van der Waals surface area contributed by atoms with Crippen molar-refractivity contribution in [2.45, 2.75) is 13.0 Å². The molecule has 0 spiro atoms. The van der Waals surface area contributed by atoms with E-state index in [2.05, 4.69) is 30.0 Å². The molecule has 5 aromatic rings. The maximum atomic E-state index is 13.8. The van der Waals surface area contributed by atoms with Crippen LogP contribution >= 0.6 is 0 Å². The summed E-state index contributed by atoms with van der Waals surface area (Å²) in [5.41, 5.74) is 4.83.